The normalized spacial score (nSPS) is 10.3. The van der Waals surface area contributed by atoms with E-state index in [1.54, 1.807) is 17.4 Å². The number of benzene rings is 1. The van der Waals surface area contributed by atoms with E-state index in [-0.39, 0.29) is 10.8 Å². The number of nitrogens with zero attached hydrogens (tertiary/aromatic N) is 1. The highest BCUT2D eigenvalue weighted by Crippen LogP contribution is 2.19. The lowest BCUT2D eigenvalue weighted by Crippen LogP contribution is -2.13. The molecule has 1 heterocycles. The monoisotopic (exact) mass is 281 g/mol. The first-order valence-electron chi connectivity index (χ1n) is 5.30. The predicted octanol–water partition coefficient (Wildman–Crippen LogP) is 2.84. The summed E-state index contributed by atoms with van der Waals surface area (Å²) in [5, 5.41) is 6.11. The molecule has 2 aromatic rings. The molecule has 0 saturated heterocycles. The molecule has 1 aromatic carbocycles. The molecule has 0 fully saturated rings. The van der Waals surface area contributed by atoms with Crippen molar-refractivity contribution in [3.05, 3.63) is 45.7 Å². The van der Waals surface area contributed by atoms with Crippen LogP contribution in [0.5, 0.6) is 0 Å². The van der Waals surface area contributed by atoms with Gasteiger partial charge in [0.2, 0.25) is 0 Å². The smallest absolute Gasteiger partial charge is 0.124 e. The maximum absolute atomic E-state index is 13.1. The van der Waals surface area contributed by atoms with E-state index in [0.29, 0.717) is 12.1 Å². The maximum atomic E-state index is 13.1. The Labute approximate surface area is 114 Å². The second-order valence-corrected chi connectivity index (χ2v) is 5.17. The average Bonchev–Trinajstić information content (AvgIpc) is 2.73. The number of thiocarbonyl (C=S) groups is 1. The van der Waals surface area contributed by atoms with Gasteiger partial charge in [-0.1, -0.05) is 12.2 Å². The Morgan fingerprint density at radius 3 is 2.94 bits per heavy atom. The Balaban J connectivity index is 2.16. The molecule has 18 heavy (non-hydrogen) atoms. The number of hydrogen-bond acceptors (Lipinski definition) is 4. The van der Waals surface area contributed by atoms with Crippen molar-refractivity contribution in [3.63, 3.8) is 0 Å². The second-order valence-electron chi connectivity index (χ2n) is 3.79. The van der Waals surface area contributed by atoms with Crippen LogP contribution < -0.4 is 11.1 Å². The molecule has 0 bridgehead atoms. The van der Waals surface area contributed by atoms with Gasteiger partial charge in [-0.25, -0.2) is 9.37 Å². The molecule has 2 rings (SSSR count). The van der Waals surface area contributed by atoms with Crippen molar-refractivity contribution in [3.8, 4) is 0 Å². The number of anilines is 1. The molecule has 0 atom stereocenters. The zero-order valence-electron chi connectivity index (χ0n) is 9.74. The maximum Gasteiger partial charge on any atom is 0.124 e. The van der Waals surface area contributed by atoms with Crippen LogP contribution in [0.15, 0.2) is 23.6 Å². The van der Waals surface area contributed by atoms with Gasteiger partial charge in [-0.3, -0.25) is 0 Å². The summed E-state index contributed by atoms with van der Waals surface area (Å²) >= 11 is 6.48. The van der Waals surface area contributed by atoms with Crippen LogP contribution in [0.4, 0.5) is 10.1 Å². The molecule has 0 aliphatic rings. The van der Waals surface area contributed by atoms with E-state index >= 15 is 0 Å². The fourth-order valence-corrected chi connectivity index (χ4v) is 2.41. The zero-order chi connectivity index (χ0) is 13.1. The van der Waals surface area contributed by atoms with Crippen molar-refractivity contribution in [1.29, 1.82) is 0 Å². The molecule has 3 nitrogen and oxygen atoms in total. The second kappa shape index (κ2) is 5.41. The van der Waals surface area contributed by atoms with E-state index in [1.165, 1.54) is 12.1 Å². The number of nitrogens with two attached hydrogens (primary N) is 1. The van der Waals surface area contributed by atoms with E-state index in [9.17, 15) is 4.39 Å². The number of rotatable bonds is 4. The van der Waals surface area contributed by atoms with Gasteiger partial charge in [0.15, 0.2) is 0 Å². The summed E-state index contributed by atoms with van der Waals surface area (Å²) < 4.78 is 13.1. The zero-order valence-corrected chi connectivity index (χ0v) is 11.4. The molecule has 0 unspecified atom stereocenters. The van der Waals surface area contributed by atoms with Crippen molar-refractivity contribution in [2.24, 2.45) is 5.73 Å². The van der Waals surface area contributed by atoms with Gasteiger partial charge in [0, 0.05) is 22.3 Å². The van der Waals surface area contributed by atoms with Crippen molar-refractivity contribution in [2.75, 3.05) is 5.32 Å². The Kier molecular flexibility index (Phi) is 3.88. The SMILES string of the molecule is Cc1csc(CNc2ccc(F)cc2C(N)=S)n1. The lowest BCUT2D eigenvalue weighted by molar-refractivity contribution is 0.627. The molecule has 1 aromatic heterocycles. The number of aromatic nitrogens is 1. The first-order chi connectivity index (χ1) is 8.56. The number of aryl methyl sites for hydroxylation is 1. The van der Waals surface area contributed by atoms with Crippen molar-refractivity contribution in [2.45, 2.75) is 13.5 Å². The minimum Gasteiger partial charge on any atom is -0.389 e. The largest absolute Gasteiger partial charge is 0.389 e. The van der Waals surface area contributed by atoms with Gasteiger partial charge in [-0.15, -0.1) is 11.3 Å². The Bertz CT molecular complexity index is 580. The predicted molar refractivity (Wildman–Crippen MR) is 76.5 cm³/mol. The molecule has 0 aliphatic carbocycles. The van der Waals surface area contributed by atoms with Gasteiger partial charge < -0.3 is 11.1 Å². The molecule has 0 amide bonds. The van der Waals surface area contributed by atoms with E-state index in [2.05, 4.69) is 10.3 Å². The topological polar surface area (TPSA) is 50.9 Å². The number of hydrogen-bond donors (Lipinski definition) is 2. The molecule has 0 saturated carbocycles. The lowest BCUT2D eigenvalue weighted by atomic mass is 10.1. The minimum atomic E-state index is -0.353. The van der Waals surface area contributed by atoms with E-state index in [4.69, 9.17) is 18.0 Å². The van der Waals surface area contributed by atoms with Gasteiger partial charge in [-0.05, 0) is 25.1 Å². The summed E-state index contributed by atoms with van der Waals surface area (Å²) in [6, 6.07) is 4.33. The number of nitrogens with one attached hydrogen (secondary N) is 1. The van der Waals surface area contributed by atoms with Crippen molar-refractivity contribution in [1.82, 2.24) is 4.98 Å². The first kappa shape index (κ1) is 12.9. The van der Waals surface area contributed by atoms with Crippen LogP contribution in [0, 0.1) is 12.7 Å². The summed E-state index contributed by atoms with van der Waals surface area (Å²) in [6.45, 7) is 2.51. The molecule has 0 radical (unpaired) electrons. The van der Waals surface area contributed by atoms with Crippen molar-refractivity contribution < 1.29 is 4.39 Å². The summed E-state index contributed by atoms with van der Waals surface area (Å²) in [7, 11) is 0. The Hall–Kier alpha value is -1.53. The summed E-state index contributed by atoms with van der Waals surface area (Å²) in [5.41, 5.74) is 7.79. The highest BCUT2D eigenvalue weighted by Gasteiger charge is 2.07. The van der Waals surface area contributed by atoms with Crippen LogP contribution in [-0.4, -0.2) is 9.97 Å². The van der Waals surface area contributed by atoms with Crippen LogP contribution in [0.25, 0.3) is 0 Å². The summed E-state index contributed by atoms with van der Waals surface area (Å²) in [6.07, 6.45) is 0. The van der Waals surface area contributed by atoms with Crippen LogP contribution in [0.1, 0.15) is 16.3 Å². The van der Waals surface area contributed by atoms with E-state index < -0.39 is 0 Å². The number of thiazole rings is 1. The van der Waals surface area contributed by atoms with Crippen LogP contribution in [-0.2, 0) is 6.54 Å². The van der Waals surface area contributed by atoms with Gasteiger partial charge >= 0.3 is 0 Å². The lowest BCUT2D eigenvalue weighted by Gasteiger charge is -2.10. The minimum absolute atomic E-state index is 0.173. The Morgan fingerprint density at radius 1 is 1.56 bits per heavy atom. The molecule has 0 spiro atoms. The van der Waals surface area contributed by atoms with Crippen molar-refractivity contribution >= 4 is 34.2 Å². The van der Waals surface area contributed by atoms with Crippen LogP contribution in [0.2, 0.25) is 0 Å². The van der Waals surface area contributed by atoms with Gasteiger partial charge in [0.1, 0.15) is 15.8 Å². The molecular weight excluding hydrogens is 269 g/mol. The highest BCUT2D eigenvalue weighted by atomic mass is 32.1. The number of halogens is 1. The van der Waals surface area contributed by atoms with E-state index in [0.717, 1.165) is 16.4 Å². The average molecular weight is 281 g/mol. The fourth-order valence-electron chi connectivity index (χ4n) is 1.53. The van der Waals surface area contributed by atoms with Gasteiger partial charge in [-0.2, -0.15) is 0 Å². The van der Waals surface area contributed by atoms with Gasteiger partial charge in [0.05, 0.1) is 6.54 Å². The van der Waals surface area contributed by atoms with Crippen LogP contribution >= 0.6 is 23.6 Å². The molecule has 0 aliphatic heterocycles. The molecule has 3 N–H and O–H groups in total. The Morgan fingerprint density at radius 2 is 2.33 bits per heavy atom. The van der Waals surface area contributed by atoms with Gasteiger partial charge in [0.25, 0.3) is 0 Å². The fraction of sp³-hybridized carbons (Fsp3) is 0.167. The first-order valence-corrected chi connectivity index (χ1v) is 6.59. The molecular formula is C12H12FN3S2. The van der Waals surface area contributed by atoms with E-state index in [1.807, 2.05) is 12.3 Å². The molecule has 6 heteroatoms. The van der Waals surface area contributed by atoms with Crippen LogP contribution in [0.3, 0.4) is 0 Å². The third-order valence-electron chi connectivity index (χ3n) is 2.34. The standard InChI is InChI=1S/C12H12FN3S2/c1-7-6-18-11(16-7)5-15-10-3-2-8(13)4-9(10)12(14)17/h2-4,6,15H,5H2,1H3,(H2,14,17). The highest BCUT2D eigenvalue weighted by molar-refractivity contribution is 7.80. The third-order valence-corrected chi connectivity index (χ3v) is 3.53. The molecule has 94 valence electrons. The summed E-state index contributed by atoms with van der Waals surface area (Å²) in [4.78, 5) is 4.51. The summed E-state index contributed by atoms with van der Waals surface area (Å²) in [5.74, 6) is -0.353. The third kappa shape index (κ3) is 3.02. The quantitative estimate of drug-likeness (QED) is 0.846.